The van der Waals surface area contributed by atoms with E-state index in [0.717, 1.165) is 38.8 Å². The van der Waals surface area contributed by atoms with E-state index in [2.05, 4.69) is 42.2 Å². The quantitative estimate of drug-likeness (QED) is 0.834. The first-order chi connectivity index (χ1) is 10.2. The number of carboxylic acid groups (broad SMARTS) is 1. The number of piperidine rings is 1. The number of aliphatic carboxylic acids is 1. The molecule has 0 saturated carbocycles. The SMILES string of the molecule is CCC(Cc1ccccc1)N1CCC(CCC(=O)O)CC1. The van der Waals surface area contributed by atoms with Gasteiger partial charge in [-0.05, 0) is 56.7 Å². The van der Waals surface area contributed by atoms with Gasteiger partial charge in [-0.3, -0.25) is 4.79 Å². The Kier molecular flexibility index (Phi) is 6.24. The largest absolute Gasteiger partial charge is 0.481 e. The number of benzene rings is 1. The molecule has 1 saturated heterocycles. The van der Waals surface area contributed by atoms with Gasteiger partial charge in [0.05, 0.1) is 0 Å². The highest BCUT2D eigenvalue weighted by molar-refractivity contribution is 5.66. The first-order valence-corrected chi connectivity index (χ1v) is 8.18. The first-order valence-electron chi connectivity index (χ1n) is 8.18. The van der Waals surface area contributed by atoms with Gasteiger partial charge in [-0.25, -0.2) is 0 Å². The van der Waals surface area contributed by atoms with Gasteiger partial charge in [-0.1, -0.05) is 37.3 Å². The minimum absolute atomic E-state index is 0.325. The fourth-order valence-corrected chi connectivity index (χ4v) is 3.35. The molecular weight excluding hydrogens is 262 g/mol. The Hall–Kier alpha value is -1.35. The van der Waals surface area contributed by atoms with Crippen molar-refractivity contribution in [1.82, 2.24) is 4.90 Å². The van der Waals surface area contributed by atoms with Crippen LogP contribution in [0.1, 0.15) is 44.6 Å². The molecule has 1 heterocycles. The lowest BCUT2D eigenvalue weighted by Gasteiger charge is -2.37. The van der Waals surface area contributed by atoms with E-state index >= 15 is 0 Å². The number of nitrogens with zero attached hydrogens (tertiary/aromatic N) is 1. The van der Waals surface area contributed by atoms with Gasteiger partial charge in [0.2, 0.25) is 0 Å². The zero-order valence-electron chi connectivity index (χ0n) is 13.0. The maximum Gasteiger partial charge on any atom is 0.303 e. The molecule has 1 aromatic rings. The predicted molar refractivity (Wildman–Crippen MR) is 85.4 cm³/mol. The van der Waals surface area contributed by atoms with E-state index in [0.29, 0.717) is 18.4 Å². The second-order valence-electron chi connectivity index (χ2n) is 6.16. The topological polar surface area (TPSA) is 40.5 Å². The van der Waals surface area contributed by atoms with Crippen molar-refractivity contribution >= 4 is 5.97 Å². The molecule has 1 aromatic carbocycles. The molecule has 1 unspecified atom stereocenters. The lowest BCUT2D eigenvalue weighted by atomic mass is 9.90. The van der Waals surface area contributed by atoms with Gasteiger partial charge in [-0.15, -0.1) is 0 Å². The van der Waals surface area contributed by atoms with E-state index in [1.807, 2.05) is 0 Å². The van der Waals surface area contributed by atoms with Crippen LogP contribution in [-0.2, 0) is 11.2 Å². The maximum atomic E-state index is 10.7. The van der Waals surface area contributed by atoms with E-state index in [4.69, 9.17) is 5.11 Å². The Bertz CT molecular complexity index is 424. The van der Waals surface area contributed by atoms with Gasteiger partial charge >= 0.3 is 5.97 Å². The summed E-state index contributed by atoms with van der Waals surface area (Å²) in [7, 11) is 0. The summed E-state index contributed by atoms with van der Waals surface area (Å²) in [5.41, 5.74) is 1.41. The summed E-state index contributed by atoms with van der Waals surface area (Å²) in [5.74, 6) is -0.0560. The summed E-state index contributed by atoms with van der Waals surface area (Å²) in [6.07, 6.45) is 5.77. The zero-order chi connectivity index (χ0) is 15.1. The van der Waals surface area contributed by atoms with Gasteiger partial charge < -0.3 is 10.0 Å². The summed E-state index contributed by atoms with van der Waals surface area (Å²) in [5, 5.41) is 8.78. The Balaban J connectivity index is 1.80. The van der Waals surface area contributed by atoms with E-state index in [-0.39, 0.29) is 0 Å². The molecular formula is C18H27NO2. The Morgan fingerprint density at radius 1 is 1.29 bits per heavy atom. The third kappa shape index (κ3) is 5.16. The molecule has 0 aromatic heterocycles. The van der Waals surface area contributed by atoms with Crippen molar-refractivity contribution < 1.29 is 9.90 Å². The minimum Gasteiger partial charge on any atom is -0.481 e. The van der Waals surface area contributed by atoms with Crippen LogP contribution < -0.4 is 0 Å². The van der Waals surface area contributed by atoms with E-state index in [9.17, 15) is 4.79 Å². The fraction of sp³-hybridized carbons (Fsp3) is 0.611. The summed E-state index contributed by atoms with van der Waals surface area (Å²) in [4.78, 5) is 13.3. The number of hydrogen-bond donors (Lipinski definition) is 1. The third-order valence-electron chi connectivity index (χ3n) is 4.72. The van der Waals surface area contributed by atoms with Crippen LogP contribution in [0, 0.1) is 5.92 Å². The second-order valence-corrected chi connectivity index (χ2v) is 6.16. The molecule has 2 rings (SSSR count). The van der Waals surface area contributed by atoms with Crippen LogP contribution in [0.25, 0.3) is 0 Å². The minimum atomic E-state index is -0.659. The van der Waals surface area contributed by atoms with Crippen molar-refractivity contribution in [1.29, 1.82) is 0 Å². The molecule has 1 aliphatic rings. The molecule has 0 spiro atoms. The molecule has 1 fully saturated rings. The normalized spacial score (nSPS) is 18.5. The lowest BCUT2D eigenvalue weighted by molar-refractivity contribution is -0.137. The summed E-state index contributed by atoms with van der Waals surface area (Å²) >= 11 is 0. The number of carbonyl (C=O) groups is 1. The van der Waals surface area contributed by atoms with Gasteiger partial charge in [0.15, 0.2) is 0 Å². The summed E-state index contributed by atoms with van der Waals surface area (Å²) in [6.45, 7) is 4.51. The number of likely N-dealkylation sites (tertiary alicyclic amines) is 1. The molecule has 21 heavy (non-hydrogen) atoms. The fourth-order valence-electron chi connectivity index (χ4n) is 3.35. The van der Waals surface area contributed by atoms with E-state index in [1.165, 1.54) is 12.0 Å². The lowest BCUT2D eigenvalue weighted by Crippen LogP contribution is -2.42. The molecule has 1 atom stereocenters. The molecule has 1 N–H and O–H groups in total. The summed E-state index contributed by atoms with van der Waals surface area (Å²) in [6, 6.07) is 11.3. The van der Waals surface area contributed by atoms with Crippen LogP contribution in [-0.4, -0.2) is 35.1 Å². The van der Waals surface area contributed by atoms with Crippen LogP contribution in [0.3, 0.4) is 0 Å². The first kappa shape index (κ1) is 16.0. The molecule has 0 bridgehead atoms. The van der Waals surface area contributed by atoms with Crippen LogP contribution in [0.2, 0.25) is 0 Å². The van der Waals surface area contributed by atoms with Crippen molar-refractivity contribution in [2.75, 3.05) is 13.1 Å². The molecule has 116 valence electrons. The average Bonchev–Trinajstić information content (AvgIpc) is 2.52. The third-order valence-corrected chi connectivity index (χ3v) is 4.72. The predicted octanol–water partition coefficient (Wildman–Crippen LogP) is 3.58. The van der Waals surface area contributed by atoms with E-state index in [1.54, 1.807) is 0 Å². The van der Waals surface area contributed by atoms with Crippen molar-refractivity contribution in [3.8, 4) is 0 Å². The molecule has 3 heteroatoms. The number of rotatable bonds is 7. The van der Waals surface area contributed by atoms with Crippen LogP contribution in [0.4, 0.5) is 0 Å². The molecule has 0 aliphatic carbocycles. The van der Waals surface area contributed by atoms with Gasteiger partial charge in [0.1, 0.15) is 0 Å². The Morgan fingerprint density at radius 3 is 2.52 bits per heavy atom. The van der Waals surface area contributed by atoms with Crippen LogP contribution in [0.5, 0.6) is 0 Å². The Labute approximate surface area is 128 Å². The second kappa shape index (κ2) is 8.18. The molecule has 0 amide bonds. The highest BCUT2D eigenvalue weighted by Gasteiger charge is 2.24. The van der Waals surface area contributed by atoms with Crippen molar-refractivity contribution in [3.63, 3.8) is 0 Å². The van der Waals surface area contributed by atoms with Crippen LogP contribution in [0.15, 0.2) is 30.3 Å². The van der Waals surface area contributed by atoms with Crippen molar-refractivity contribution in [3.05, 3.63) is 35.9 Å². The molecule has 0 radical (unpaired) electrons. The van der Waals surface area contributed by atoms with Gasteiger partial charge in [-0.2, -0.15) is 0 Å². The zero-order valence-corrected chi connectivity index (χ0v) is 13.0. The molecule has 3 nitrogen and oxygen atoms in total. The highest BCUT2D eigenvalue weighted by atomic mass is 16.4. The smallest absolute Gasteiger partial charge is 0.303 e. The number of hydrogen-bond acceptors (Lipinski definition) is 2. The Morgan fingerprint density at radius 2 is 1.95 bits per heavy atom. The molecule has 1 aliphatic heterocycles. The maximum absolute atomic E-state index is 10.7. The monoisotopic (exact) mass is 289 g/mol. The van der Waals surface area contributed by atoms with Crippen molar-refractivity contribution in [2.24, 2.45) is 5.92 Å². The standard InChI is InChI=1S/C18H27NO2/c1-2-17(14-16-6-4-3-5-7-16)19-12-10-15(11-13-19)8-9-18(20)21/h3-7,15,17H,2,8-14H2,1H3,(H,20,21). The summed E-state index contributed by atoms with van der Waals surface area (Å²) < 4.78 is 0. The van der Waals surface area contributed by atoms with Gasteiger partial charge in [0.25, 0.3) is 0 Å². The number of carboxylic acids is 1. The van der Waals surface area contributed by atoms with Crippen molar-refractivity contribution in [2.45, 2.75) is 51.5 Å². The van der Waals surface area contributed by atoms with Gasteiger partial charge in [0, 0.05) is 12.5 Å². The highest BCUT2D eigenvalue weighted by Crippen LogP contribution is 2.25. The van der Waals surface area contributed by atoms with Crippen LogP contribution >= 0.6 is 0 Å². The van der Waals surface area contributed by atoms with E-state index < -0.39 is 5.97 Å². The average molecular weight is 289 g/mol.